The number of alkyl halides is 3. The Morgan fingerprint density at radius 2 is 1.59 bits per heavy atom. The molecule has 2 atom stereocenters. The van der Waals surface area contributed by atoms with Crippen molar-refractivity contribution in [3.63, 3.8) is 0 Å². The summed E-state index contributed by atoms with van der Waals surface area (Å²) in [5.74, 6) is 0.208. The summed E-state index contributed by atoms with van der Waals surface area (Å²) < 4.78 is 48.2. The fourth-order valence-electron chi connectivity index (χ4n) is 7.93. The number of carbonyl (C=O) groups excluding carboxylic acids is 2. The zero-order valence-corrected chi connectivity index (χ0v) is 21.3. The van der Waals surface area contributed by atoms with Crippen LogP contribution in [-0.4, -0.2) is 47.6 Å². The molecule has 0 radical (unpaired) electrons. The number of amides is 1. The minimum Gasteiger partial charge on any atom is -0.469 e. The van der Waals surface area contributed by atoms with Crippen LogP contribution >= 0.6 is 0 Å². The van der Waals surface area contributed by atoms with Crippen molar-refractivity contribution in [2.75, 3.05) is 12.4 Å². The molecule has 4 fully saturated rings. The number of rotatable bonds is 4. The van der Waals surface area contributed by atoms with E-state index in [0.29, 0.717) is 34.2 Å². The van der Waals surface area contributed by atoms with Crippen LogP contribution < -0.4 is 5.32 Å². The number of halogens is 3. The van der Waals surface area contributed by atoms with Crippen molar-refractivity contribution in [3.05, 3.63) is 41.5 Å². The highest BCUT2D eigenvalue weighted by Gasteiger charge is 2.74. The third-order valence-corrected chi connectivity index (χ3v) is 9.83. The van der Waals surface area contributed by atoms with Crippen LogP contribution in [0.3, 0.4) is 0 Å². The Kier molecular flexibility index (Phi) is 5.82. The molecule has 2 aromatic rings. The van der Waals surface area contributed by atoms with Crippen molar-refractivity contribution in [1.82, 2.24) is 0 Å². The molecular weight excluding hydrogens is 481 g/mol. The fourth-order valence-corrected chi connectivity index (χ4v) is 7.93. The van der Waals surface area contributed by atoms with Crippen molar-refractivity contribution in [3.8, 4) is 0 Å². The maximum absolute atomic E-state index is 14.3. The molecule has 37 heavy (non-hydrogen) atoms. The zero-order chi connectivity index (χ0) is 26.1. The van der Waals surface area contributed by atoms with Crippen molar-refractivity contribution in [1.29, 1.82) is 0 Å². The summed E-state index contributed by atoms with van der Waals surface area (Å²) in [6.07, 6.45) is 2.33. The minimum absolute atomic E-state index is 0.0187. The van der Waals surface area contributed by atoms with E-state index in [1.165, 1.54) is 19.2 Å². The number of quaternary nitrogens is 1. The molecule has 1 amide bonds. The lowest BCUT2D eigenvalue weighted by molar-refractivity contribution is -1.01. The molecule has 4 aliphatic rings. The van der Waals surface area contributed by atoms with Crippen LogP contribution in [0, 0.1) is 11.8 Å². The van der Waals surface area contributed by atoms with E-state index in [1.54, 1.807) is 18.2 Å². The third-order valence-electron chi connectivity index (χ3n) is 9.83. The normalized spacial score (nSPS) is 34.6. The standard InChI is InChI=1S/C29H33F3N2O3/c1-16-3-7-20(8-4-16)33-25-10-6-17-11-18(5-9-24(17)26(25)29(30,31)32)27(35)34-21-12-19(28(36)37-2)13-22(34)15-23(34)14-21/h5-6,9-11,16,19-23H,3-4,7-8,12-15H2,1-2H3/p+1. The van der Waals surface area contributed by atoms with Crippen molar-refractivity contribution >= 4 is 28.3 Å². The Bertz CT molecular complexity index is 1230. The molecule has 3 heterocycles. The predicted octanol–water partition coefficient (Wildman–Crippen LogP) is 6.30. The van der Waals surface area contributed by atoms with Gasteiger partial charge in [0.1, 0.15) is 18.1 Å². The average molecular weight is 516 g/mol. The topological polar surface area (TPSA) is 55.4 Å². The van der Waals surface area contributed by atoms with E-state index in [2.05, 4.69) is 12.2 Å². The monoisotopic (exact) mass is 515 g/mol. The SMILES string of the molecule is COC(=O)C1CC2CC3CC(C1)[N+]23C(=O)c1ccc2c(C(F)(F)F)c(NC3CCC(C)CC3)ccc2c1. The molecule has 0 aromatic heterocycles. The number of benzene rings is 2. The first kappa shape index (κ1) is 24.7. The molecule has 0 spiro atoms. The number of fused-ring (bicyclic) bond motifs is 1. The molecule has 2 unspecified atom stereocenters. The molecular formula is C29H34F3N2O3+. The van der Waals surface area contributed by atoms with Gasteiger partial charge in [0.25, 0.3) is 0 Å². The third kappa shape index (κ3) is 3.77. The summed E-state index contributed by atoms with van der Waals surface area (Å²) in [6, 6.07) is 8.36. The number of anilines is 1. The Morgan fingerprint density at radius 1 is 0.946 bits per heavy atom. The van der Waals surface area contributed by atoms with E-state index >= 15 is 0 Å². The van der Waals surface area contributed by atoms with Gasteiger partial charge < -0.3 is 10.1 Å². The van der Waals surface area contributed by atoms with Gasteiger partial charge in [-0.3, -0.25) is 4.79 Å². The van der Waals surface area contributed by atoms with Gasteiger partial charge in [-0.15, -0.1) is 0 Å². The van der Waals surface area contributed by atoms with Crippen LogP contribution in [0.15, 0.2) is 30.3 Å². The number of hydrogen-bond donors (Lipinski definition) is 1. The van der Waals surface area contributed by atoms with Crippen molar-refractivity contribution in [2.24, 2.45) is 11.8 Å². The van der Waals surface area contributed by atoms with Gasteiger partial charge in [0, 0.05) is 24.6 Å². The first-order valence-corrected chi connectivity index (χ1v) is 13.5. The maximum Gasteiger partial charge on any atom is 0.418 e. The lowest BCUT2D eigenvalue weighted by Crippen LogP contribution is -2.87. The van der Waals surface area contributed by atoms with Crippen molar-refractivity contribution in [2.45, 2.75) is 88.6 Å². The van der Waals surface area contributed by atoms with Gasteiger partial charge in [-0.1, -0.05) is 19.1 Å². The second-order valence-electron chi connectivity index (χ2n) is 11.8. The molecule has 3 saturated heterocycles. The quantitative estimate of drug-likeness (QED) is 0.383. The van der Waals surface area contributed by atoms with Crippen LogP contribution in [0.1, 0.15) is 74.2 Å². The second-order valence-corrected chi connectivity index (χ2v) is 11.8. The smallest absolute Gasteiger partial charge is 0.418 e. The molecule has 5 nitrogen and oxygen atoms in total. The van der Waals surface area contributed by atoms with Crippen LogP contribution in [-0.2, 0) is 15.7 Å². The predicted molar refractivity (Wildman–Crippen MR) is 134 cm³/mol. The van der Waals surface area contributed by atoms with Gasteiger partial charge in [0.05, 0.1) is 37.0 Å². The Morgan fingerprint density at radius 3 is 2.19 bits per heavy atom. The highest BCUT2D eigenvalue weighted by Crippen LogP contribution is 2.59. The lowest BCUT2D eigenvalue weighted by Gasteiger charge is -2.70. The van der Waals surface area contributed by atoms with Gasteiger partial charge in [-0.2, -0.15) is 13.2 Å². The zero-order valence-electron chi connectivity index (χ0n) is 21.3. The summed E-state index contributed by atoms with van der Waals surface area (Å²) in [7, 11) is 1.40. The van der Waals surface area contributed by atoms with Crippen molar-refractivity contribution < 1.29 is 32.0 Å². The number of ether oxygens (including phenoxy) is 1. The number of carbonyl (C=O) groups is 2. The van der Waals surface area contributed by atoms with Crippen LogP contribution in [0.5, 0.6) is 0 Å². The first-order chi connectivity index (χ1) is 17.6. The molecule has 1 aliphatic carbocycles. The number of esters is 1. The second kappa shape index (κ2) is 8.72. The largest absolute Gasteiger partial charge is 0.469 e. The van der Waals surface area contributed by atoms with Gasteiger partial charge in [-0.05, 0) is 60.6 Å². The number of nitrogens with zero attached hydrogens (tertiary/aromatic N) is 1. The van der Waals surface area contributed by atoms with Crippen LogP contribution in [0.25, 0.3) is 10.8 Å². The summed E-state index contributed by atoms with van der Waals surface area (Å²) in [5, 5.41) is 3.72. The highest BCUT2D eigenvalue weighted by atomic mass is 19.4. The Hall–Kier alpha value is -2.61. The lowest BCUT2D eigenvalue weighted by atomic mass is 9.62. The summed E-state index contributed by atoms with van der Waals surface area (Å²) in [5.41, 5.74) is -0.0776. The fraction of sp³-hybridized carbons (Fsp3) is 0.586. The van der Waals surface area contributed by atoms with E-state index in [-0.39, 0.29) is 53.0 Å². The van der Waals surface area contributed by atoms with E-state index in [4.69, 9.17) is 4.74 Å². The van der Waals surface area contributed by atoms with Crippen LogP contribution in [0.2, 0.25) is 0 Å². The average Bonchev–Trinajstić information content (AvgIpc) is 2.84. The summed E-state index contributed by atoms with van der Waals surface area (Å²) >= 11 is 0. The minimum atomic E-state index is -4.52. The van der Waals surface area contributed by atoms with E-state index in [1.807, 2.05) is 0 Å². The Labute approximate surface area is 214 Å². The molecule has 3 aliphatic heterocycles. The number of hydrogen-bond acceptors (Lipinski definition) is 4. The summed E-state index contributed by atoms with van der Waals surface area (Å²) in [4.78, 5) is 26.0. The molecule has 8 heteroatoms. The van der Waals surface area contributed by atoms with E-state index in [0.717, 1.165) is 38.5 Å². The molecule has 0 bridgehead atoms. The molecule has 198 valence electrons. The highest BCUT2D eigenvalue weighted by molar-refractivity contribution is 5.98. The van der Waals surface area contributed by atoms with E-state index in [9.17, 15) is 22.8 Å². The number of methoxy groups -OCH3 is 1. The van der Waals surface area contributed by atoms with Gasteiger partial charge >= 0.3 is 18.1 Å². The van der Waals surface area contributed by atoms with E-state index < -0.39 is 11.7 Å². The van der Waals surface area contributed by atoms with Gasteiger partial charge in [0.2, 0.25) is 0 Å². The maximum atomic E-state index is 14.3. The molecule has 6 rings (SSSR count). The molecule has 1 N–H and O–H groups in total. The molecule has 2 aromatic carbocycles. The Balaban J connectivity index is 1.30. The molecule has 1 saturated carbocycles. The van der Waals surface area contributed by atoms with Crippen LogP contribution in [0.4, 0.5) is 18.9 Å². The summed E-state index contributed by atoms with van der Waals surface area (Å²) in [6.45, 7) is 2.19. The van der Waals surface area contributed by atoms with Gasteiger partial charge in [-0.25, -0.2) is 9.28 Å². The van der Waals surface area contributed by atoms with Gasteiger partial charge in [0.15, 0.2) is 0 Å². The number of piperidine rings is 2. The number of nitrogens with one attached hydrogen (secondary N) is 1. The first-order valence-electron chi connectivity index (χ1n) is 13.5.